The van der Waals surface area contributed by atoms with Crippen LogP contribution in [0, 0.1) is 5.92 Å². The lowest BCUT2D eigenvalue weighted by Gasteiger charge is -2.26. The van der Waals surface area contributed by atoms with Crippen molar-refractivity contribution in [2.75, 3.05) is 7.05 Å². The Balaban J connectivity index is 2.72. The van der Waals surface area contributed by atoms with Crippen LogP contribution in [-0.2, 0) is 0 Å². The highest BCUT2D eigenvalue weighted by Crippen LogP contribution is 2.14. The molecule has 1 aromatic rings. The van der Waals surface area contributed by atoms with Crippen molar-refractivity contribution in [3.63, 3.8) is 0 Å². The van der Waals surface area contributed by atoms with Gasteiger partial charge in [-0.1, -0.05) is 13.8 Å². The highest BCUT2D eigenvalue weighted by Gasteiger charge is 2.17. The zero-order valence-corrected chi connectivity index (χ0v) is 11.9. The number of thiol groups is 1. The molecule has 0 saturated heterocycles. The van der Waals surface area contributed by atoms with Crippen LogP contribution in [0.2, 0.25) is 0 Å². The third-order valence-electron chi connectivity index (χ3n) is 2.91. The van der Waals surface area contributed by atoms with Crippen molar-refractivity contribution in [2.45, 2.75) is 38.1 Å². The van der Waals surface area contributed by atoms with Crippen LogP contribution in [0.1, 0.15) is 37.6 Å². The van der Waals surface area contributed by atoms with E-state index in [4.69, 9.17) is 0 Å². The van der Waals surface area contributed by atoms with Crippen molar-refractivity contribution in [3.05, 3.63) is 29.8 Å². The monoisotopic (exact) mass is 251 g/mol. The summed E-state index contributed by atoms with van der Waals surface area (Å²) in [4.78, 5) is 14.9. The Hall–Kier alpha value is -0.960. The fourth-order valence-corrected chi connectivity index (χ4v) is 2.00. The maximum atomic E-state index is 12.2. The minimum Gasteiger partial charge on any atom is -0.339 e. The van der Waals surface area contributed by atoms with E-state index in [0.29, 0.717) is 5.92 Å². The number of benzene rings is 1. The molecule has 0 aliphatic carbocycles. The van der Waals surface area contributed by atoms with Crippen molar-refractivity contribution in [1.82, 2.24) is 4.90 Å². The van der Waals surface area contributed by atoms with Gasteiger partial charge in [-0.15, -0.1) is 12.6 Å². The normalized spacial score (nSPS) is 12.6. The Kier molecular flexibility index (Phi) is 5.06. The highest BCUT2D eigenvalue weighted by atomic mass is 32.1. The zero-order valence-electron chi connectivity index (χ0n) is 11.0. The van der Waals surface area contributed by atoms with Crippen molar-refractivity contribution < 1.29 is 4.79 Å². The van der Waals surface area contributed by atoms with Gasteiger partial charge in [-0.05, 0) is 43.5 Å². The summed E-state index contributed by atoms with van der Waals surface area (Å²) in [7, 11) is 1.87. The van der Waals surface area contributed by atoms with Gasteiger partial charge in [0.05, 0.1) is 0 Å². The van der Waals surface area contributed by atoms with Gasteiger partial charge in [0.1, 0.15) is 0 Å². The van der Waals surface area contributed by atoms with Gasteiger partial charge in [0.25, 0.3) is 5.91 Å². The molecule has 1 amide bonds. The maximum Gasteiger partial charge on any atom is 0.253 e. The summed E-state index contributed by atoms with van der Waals surface area (Å²) < 4.78 is 0. The first kappa shape index (κ1) is 14.1. The first-order chi connectivity index (χ1) is 7.91. The quantitative estimate of drug-likeness (QED) is 0.812. The van der Waals surface area contributed by atoms with Gasteiger partial charge in [-0.25, -0.2) is 0 Å². The van der Waals surface area contributed by atoms with E-state index in [1.807, 2.05) is 36.2 Å². The lowest BCUT2D eigenvalue weighted by molar-refractivity contribution is 0.0728. The van der Waals surface area contributed by atoms with Crippen LogP contribution in [0.25, 0.3) is 0 Å². The average Bonchev–Trinajstić information content (AvgIpc) is 2.27. The third-order valence-corrected chi connectivity index (χ3v) is 3.21. The molecule has 0 radical (unpaired) electrons. The van der Waals surface area contributed by atoms with Crippen LogP contribution in [0.3, 0.4) is 0 Å². The molecule has 0 saturated carbocycles. The van der Waals surface area contributed by atoms with E-state index in [-0.39, 0.29) is 11.9 Å². The van der Waals surface area contributed by atoms with Gasteiger partial charge in [-0.2, -0.15) is 0 Å². The van der Waals surface area contributed by atoms with E-state index in [0.717, 1.165) is 16.9 Å². The number of amides is 1. The molecule has 17 heavy (non-hydrogen) atoms. The molecule has 0 aliphatic heterocycles. The molecule has 0 heterocycles. The Morgan fingerprint density at radius 2 is 1.76 bits per heavy atom. The lowest BCUT2D eigenvalue weighted by atomic mass is 10.0. The van der Waals surface area contributed by atoms with E-state index in [1.165, 1.54) is 0 Å². The summed E-state index contributed by atoms with van der Waals surface area (Å²) in [5.41, 5.74) is 0.723. The number of carbonyl (C=O) groups is 1. The Labute approximate surface area is 109 Å². The van der Waals surface area contributed by atoms with Crippen LogP contribution in [-0.4, -0.2) is 23.9 Å². The number of nitrogens with zero attached hydrogens (tertiary/aromatic N) is 1. The molecular formula is C14H21NOS. The van der Waals surface area contributed by atoms with Crippen LogP contribution < -0.4 is 0 Å². The third kappa shape index (κ3) is 4.08. The maximum absolute atomic E-state index is 12.2. The molecule has 3 heteroatoms. The fourth-order valence-electron chi connectivity index (χ4n) is 1.85. The van der Waals surface area contributed by atoms with Crippen molar-refractivity contribution in [2.24, 2.45) is 5.92 Å². The summed E-state index contributed by atoms with van der Waals surface area (Å²) in [5.74, 6) is 0.673. The molecule has 0 N–H and O–H groups in total. The number of hydrogen-bond acceptors (Lipinski definition) is 2. The van der Waals surface area contributed by atoms with Crippen LogP contribution >= 0.6 is 12.6 Å². The smallest absolute Gasteiger partial charge is 0.253 e. The van der Waals surface area contributed by atoms with Gasteiger partial charge in [0, 0.05) is 23.5 Å². The molecule has 0 aliphatic rings. The predicted octanol–water partition coefficient (Wildman–Crippen LogP) is 3.48. The standard InChI is InChI=1S/C14H21NOS/c1-10(2)9-11(3)15(4)14(16)12-5-7-13(17)8-6-12/h5-8,10-11,17H,9H2,1-4H3. The largest absolute Gasteiger partial charge is 0.339 e. The molecule has 2 nitrogen and oxygen atoms in total. The SMILES string of the molecule is CC(C)CC(C)N(C)C(=O)c1ccc(S)cc1. The molecule has 0 spiro atoms. The van der Waals surface area contributed by atoms with E-state index < -0.39 is 0 Å². The second-order valence-electron chi connectivity index (χ2n) is 4.94. The van der Waals surface area contributed by atoms with Gasteiger partial charge in [-0.3, -0.25) is 4.79 Å². The average molecular weight is 251 g/mol. The van der Waals surface area contributed by atoms with E-state index in [2.05, 4.69) is 33.4 Å². The second kappa shape index (κ2) is 6.10. The van der Waals surface area contributed by atoms with Crippen molar-refractivity contribution >= 4 is 18.5 Å². The number of carbonyl (C=O) groups excluding carboxylic acids is 1. The second-order valence-corrected chi connectivity index (χ2v) is 5.46. The summed E-state index contributed by atoms with van der Waals surface area (Å²) in [5, 5.41) is 0. The first-order valence-corrected chi connectivity index (χ1v) is 6.42. The lowest BCUT2D eigenvalue weighted by Crippen LogP contribution is -2.35. The van der Waals surface area contributed by atoms with Gasteiger partial charge in [0.2, 0.25) is 0 Å². The van der Waals surface area contributed by atoms with Crippen LogP contribution in [0.4, 0.5) is 0 Å². The minimum absolute atomic E-state index is 0.0754. The first-order valence-electron chi connectivity index (χ1n) is 5.98. The minimum atomic E-state index is 0.0754. The molecule has 94 valence electrons. The fraction of sp³-hybridized carbons (Fsp3) is 0.500. The molecule has 1 atom stereocenters. The molecule has 1 rings (SSSR count). The summed E-state index contributed by atoms with van der Waals surface area (Å²) >= 11 is 4.21. The van der Waals surface area contributed by atoms with Crippen LogP contribution in [0.15, 0.2) is 29.2 Å². The Morgan fingerprint density at radius 3 is 2.24 bits per heavy atom. The van der Waals surface area contributed by atoms with Crippen molar-refractivity contribution in [1.29, 1.82) is 0 Å². The Bertz CT molecular complexity index is 372. The molecule has 1 aromatic carbocycles. The Morgan fingerprint density at radius 1 is 1.24 bits per heavy atom. The highest BCUT2D eigenvalue weighted by molar-refractivity contribution is 7.80. The summed E-state index contributed by atoms with van der Waals surface area (Å²) in [6, 6.07) is 7.60. The van der Waals surface area contributed by atoms with Gasteiger partial charge < -0.3 is 4.90 Å². The number of hydrogen-bond donors (Lipinski definition) is 1. The molecular weight excluding hydrogens is 230 g/mol. The molecule has 1 unspecified atom stereocenters. The zero-order chi connectivity index (χ0) is 13.0. The predicted molar refractivity (Wildman–Crippen MR) is 74.7 cm³/mol. The molecule has 0 aromatic heterocycles. The van der Waals surface area contributed by atoms with Crippen molar-refractivity contribution in [3.8, 4) is 0 Å². The summed E-state index contributed by atoms with van der Waals surface area (Å²) in [6.07, 6.45) is 1.02. The molecule has 0 bridgehead atoms. The van der Waals surface area contributed by atoms with Crippen LogP contribution in [0.5, 0.6) is 0 Å². The van der Waals surface area contributed by atoms with E-state index in [1.54, 1.807) is 0 Å². The van der Waals surface area contributed by atoms with E-state index >= 15 is 0 Å². The van der Waals surface area contributed by atoms with E-state index in [9.17, 15) is 4.79 Å². The topological polar surface area (TPSA) is 20.3 Å². The number of rotatable bonds is 4. The molecule has 0 fully saturated rings. The summed E-state index contributed by atoms with van der Waals surface area (Å²) in [6.45, 7) is 6.43. The van der Waals surface area contributed by atoms with Gasteiger partial charge >= 0.3 is 0 Å². The van der Waals surface area contributed by atoms with Gasteiger partial charge in [0.15, 0.2) is 0 Å².